The number of nitrogens with one attached hydrogen (secondary N) is 2. The minimum atomic E-state index is -6.55. The Kier molecular flexibility index (Phi) is 5.94. The van der Waals surface area contributed by atoms with Gasteiger partial charge in [0.25, 0.3) is 20.0 Å². The molecule has 0 saturated carbocycles. The number of alkyl halides is 4. The standard InChI is InChI=1S/C15H12F6N2O4S2/c1-9-4-2-3-5-13(9)28(24,25)23-29(26,27)15(20,21)14(18,19)22-12-7-10(16)6-11(17)8-12/h2-8,22-23H,1H3. The highest BCUT2D eigenvalue weighted by Crippen LogP contribution is 2.39. The van der Waals surface area contributed by atoms with Gasteiger partial charge in [0, 0.05) is 11.8 Å². The highest BCUT2D eigenvalue weighted by molar-refractivity contribution is 8.05. The van der Waals surface area contributed by atoms with Crippen LogP contribution in [0.3, 0.4) is 0 Å². The van der Waals surface area contributed by atoms with Gasteiger partial charge in [0.15, 0.2) is 0 Å². The molecular formula is C15H12F6N2O4S2. The number of hydrogen-bond acceptors (Lipinski definition) is 5. The summed E-state index contributed by atoms with van der Waals surface area (Å²) in [5, 5.41) is -5.34. The maximum atomic E-state index is 14.1. The molecule has 0 amide bonds. The van der Waals surface area contributed by atoms with Crippen LogP contribution in [-0.2, 0) is 20.0 Å². The monoisotopic (exact) mass is 462 g/mol. The van der Waals surface area contributed by atoms with Crippen LogP contribution in [-0.4, -0.2) is 28.1 Å². The molecule has 0 aliphatic heterocycles. The van der Waals surface area contributed by atoms with Crippen LogP contribution >= 0.6 is 0 Å². The minimum Gasteiger partial charge on any atom is -0.321 e. The zero-order valence-electron chi connectivity index (χ0n) is 14.3. The van der Waals surface area contributed by atoms with Gasteiger partial charge in [0.2, 0.25) is 0 Å². The van der Waals surface area contributed by atoms with Crippen molar-refractivity contribution in [2.24, 2.45) is 0 Å². The molecule has 0 bridgehead atoms. The van der Waals surface area contributed by atoms with Crippen LogP contribution in [0.5, 0.6) is 0 Å². The zero-order chi connectivity index (χ0) is 22.3. The summed E-state index contributed by atoms with van der Waals surface area (Å²) in [5.41, 5.74) is -1.25. The van der Waals surface area contributed by atoms with E-state index < -0.39 is 53.6 Å². The van der Waals surface area contributed by atoms with Gasteiger partial charge in [-0.3, -0.25) is 0 Å². The molecule has 0 spiro atoms. The Labute approximate surface area is 161 Å². The normalized spacial score (nSPS) is 13.3. The van der Waals surface area contributed by atoms with E-state index in [4.69, 9.17) is 0 Å². The van der Waals surface area contributed by atoms with E-state index in [1.807, 2.05) is 0 Å². The Morgan fingerprint density at radius 2 is 1.38 bits per heavy atom. The number of aryl methyl sites for hydroxylation is 1. The van der Waals surface area contributed by atoms with E-state index in [-0.39, 0.29) is 23.8 Å². The maximum absolute atomic E-state index is 14.1. The van der Waals surface area contributed by atoms with Crippen molar-refractivity contribution in [3.05, 3.63) is 59.7 Å². The lowest BCUT2D eigenvalue weighted by Crippen LogP contribution is -2.56. The van der Waals surface area contributed by atoms with Crippen molar-refractivity contribution in [2.75, 3.05) is 5.32 Å². The summed E-state index contributed by atoms with van der Waals surface area (Å²) in [7, 11) is -11.7. The highest BCUT2D eigenvalue weighted by atomic mass is 32.3. The predicted molar refractivity (Wildman–Crippen MR) is 90.3 cm³/mol. The number of benzene rings is 2. The summed E-state index contributed by atoms with van der Waals surface area (Å²) >= 11 is 0. The van der Waals surface area contributed by atoms with Gasteiger partial charge in [-0.25, -0.2) is 25.6 Å². The third-order valence-corrected chi connectivity index (χ3v) is 7.19. The SMILES string of the molecule is Cc1ccccc1S(=O)(=O)NS(=O)(=O)C(F)(F)C(F)(F)Nc1cc(F)cc(F)c1. The van der Waals surface area contributed by atoms with Gasteiger partial charge in [-0.05, 0) is 30.7 Å². The fourth-order valence-corrected chi connectivity index (χ4v) is 5.22. The number of hydrogen-bond donors (Lipinski definition) is 2. The number of anilines is 1. The van der Waals surface area contributed by atoms with Crippen LogP contribution in [0.25, 0.3) is 0 Å². The van der Waals surface area contributed by atoms with Crippen molar-refractivity contribution in [1.82, 2.24) is 4.13 Å². The van der Waals surface area contributed by atoms with E-state index in [1.165, 1.54) is 19.1 Å². The first-order valence-corrected chi connectivity index (χ1v) is 10.4. The first-order valence-electron chi connectivity index (χ1n) is 7.43. The van der Waals surface area contributed by atoms with Gasteiger partial charge < -0.3 is 5.32 Å². The minimum absolute atomic E-state index is 0.0429. The van der Waals surface area contributed by atoms with Gasteiger partial charge >= 0.3 is 11.3 Å². The van der Waals surface area contributed by atoms with Crippen molar-refractivity contribution in [3.8, 4) is 0 Å². The molecule has 0 unspecified atom stereocenters. The van der Waals surface area contributed by atoms with E-state index in [0.29, 0.717) is 9.44 Å². The van der Waals surface area contributed by atoms with Crippen molar-refractivity contribution >= 4 is 25.7 Å². The van der Waals surface area contributed by atoms with Crippen LogP contribution in [0.4, 0.5) is 32.0 Å². The fourth-order valence-electron chi connectivity index (χ4n) is 2.15. The van der Waals surface area contributed by atoms with E-state index >= 15 is 0 Å². The molecule has 0 heterocycles. The molecular weight excluding hydrogens is 450 g/mol. The van der Waals surface area contributed by atoms with Gasteiger partial charge in [-0.2, -0.15) is 17.6 Å². The predicted octanol–water partition coefficient (Wildman–Crippen LogP) is 3.18. The van der Waals surface area contributed by atoms with Crippen LogP contribution in [0, 0.1) is 18.6 Å². The largest absolute Gasteiger partial charge is 0.442 e. The zero-order valence-corrected chi connectivity index (χ0v) is 15.9. The van der Waals surface area contributed by atoms with Crippen molar-refractivity contribution in [2.45, 2.75) is 23.1 Å². The second-order valence-corrected chi connectivity index (χ2v) is 9.36. The molecule has 0 aromatic heterocycles. The summed E-state index contributed by atoms with van der Waals surface area (Å²) in [6.45, 7) is 1.22. The van der Waals surface area contributed by atoms with Crippen molar-refractivity contribution in [3.63, 3.8) is 0 Å². The second kappa shape index (κ2) is 7.50. The van der Waals surface area contributed by atoms with Crippen LogP contribution in [0.1, 0.15) is 5.56 Å². The molecule has 6 nitrogen and oxygen atoms in total. The molecule has 2 rings (SSSR count). The maximum Gasteiger partial charge on any atom is 0.442 e. The molecule has 14 heteroatoms. The molecule has 0 saturated heterocycles. The lowest BCUT2D eigenvalue weighted by molar-refractivity contribution is -0.136. The van der Waals surface area contributed by atoms with Crippen LogP contribution in [0.2, 0.25) is 0 Å². The number of rotatable bonds is 7. The Balaban J connectivity index is 2.40. The Hall–Kier alpha value is -2.32. The molecule has 160 valence electrons. The molecule has 29 heavy (non-hydrogen) atoms. The summed E-state index contributed by atoms with van der Waals surface area (Å²) < 4.78 is 131. The summed E-state index contributed by atoms with van der Waals surface area (Å²) in [4.78, 5) is -0.733. The Morgan fingerprint density at radius 1 is 0.862 bits per heavy atom. The second-order valence-electron chi connectivity index (χ2n) is 5.73. The summed E-state index contributed by atoms with van der Waals surface area (Å²) in [6.07, 6.45) is 0. The molecule has 2 aromatic carbocycles. The van der Waals surface area contributed by atoms with Crippen LogP contribution < -0.4 is 9.44 Å². The van der Waals surface area contributed by atoms with Gasteiger partial charge in [0.05, 0.1) is 4.90 Å². The lowest BCUT2D eigenvalue weighted by atomic mass is 10.2. The molecule has 2 aromatic rings. The van der Waals surface area contributed by atoms with E-state index in [0.717, 1.165) is 12.1 Å². The van der Waals surface area contributed by atoms with Gasteiger partial charge in [-0.1, -0.05) is 22.3 Å². The molecule has 0 aliphatic rings. The summed E-state index contributed by atoms with van der Waals surface area (Å²) in [5.74, 6) is -2.82. The van der Waals surface area contributed by atoms with Gasteiger partial charge in [-0.15, -0.1) is 0 Å². The first kappa shape index (κ1) is 23.0. The van der Waals surface area contributed by atoms with E-state index in [2.05, 4.69) is 0 Å². The van der Waals surface area contributed by atoms with E-state index in [9.17, 15) is 43.2 Å². The average Bonchev–Trinajstić information content (AvgIpc) is 2.52. The van der Waals surface area contributed by atoms with Crippen molar-refractivity contribution < 1.29 is 43.2 Å². The summed E-state index contributed by atoms with van der Waals surface area (Å²) in [6, 6.07) is -0.372. The molecule has 0 fully saturated rings. The average molecular weight is 462 g/mol. The highest BCUT2D eigenvalue weighted by Gasteiger charge is 2.67. The molecule has 0 radical (unpaired) electrons. The number of sulfonamides is 2. The van der Waals surface area contributed by atoms with Crippen LogP contribution in [0.15, 0.2) is 47.4 Å². The lowest BCUT2D eigenvalue weighted by Gasteiger charge is -2.27. The Morgan fingerprint density at radius 3 is 1.90 bits per heavy atom. The molecule has 0 atom stereocenters. The smallest absolute Gasteiger partial charge is 0.321 e. The molecule has 2 N–H and O–H groups in total. The Bertz CT molecular complexity index is 1120. The van der Waals surface area contributed by atoms with Crippen molar-refractivity contribution in [1.29, 1.82) is 0 Å². The number of halogens is 6. The molecule has 0 aliphatic carbocycles. The quantitative estimate of drug-likeness (QED) is 0.487. The third kappa shape index (κ3) is 4.64. The van der Waals surface area contributed by atoms with E-state index in [1.54, 1.807) is 0 Å². The fraction of sp³-hybridized carbons (Fsp3) is 0.200. The first-order chi connectivity index (χ1) is 13.1. The van der Waals surface area contributed by atoms with Gasteiger partial charge in [0.1, 0.15) is 11.6 Å². The topological polar surface area (TPSA) is 92.3 Å². The third-order valence-electron chi connectivity index (χ3n) is 3.47.